The van der Waals surface area contributed by atoms with Crippen LogP contribution >= 0.6 is 0 Å². The number of nitrogens with two attached hydrogens (primary N) is 2. The molecule has 0 unspecified atom stereocenters. The molecule has 1 aromatic rings. The van der Waals surface area contributed by atoms with E-state index in [9.17, 15) is 73.5 Å². The molecule has 374 valence electrons. The summed E-state index contributed by atoms with van der Waals surface area (Å²) >= 11 is 0. The number of phenolic OH excluding ortho intramolecular Hbond substituents is 1. The Labute approximate surface area is 387 Å². The monoisotopic (exact) mass is 949 g/mol. The van der Waals surface area contributed by atoms with Crippen LogP contribution in [0.1, 0.15) is 97.5 Å². The summed E-state index contributed by atoms with van der Waals surface area (Å²) in [6.45, 7) is 6.53. The molecule has 15 N–H and O–H groups in total. The molecule has 1 saturated heterocycles. The lowest BCUT2D eigenvalue weighted by Crippen LogP contribution is -2.61. The molecule has 1 fully saturated rings. The maximum absolute atomic E-state index is 13.9. The topological polar surface area (TPSA) is 399 Å². The molecule has 2 rings (SSSR count). The molecular weight excluding hydrogens is 883 g/mol. The lowest BCUT2D eigenvalue weighted by molar-refractivity contribution is -0.143. The highest BCUT2D eigenvalue weighted by atomic mass is 16.4. The fourth-order valence-corrected chi connectivity index (χ4v) is 7.03. The number of benzene rings is 1. The third-order valence-electron chi connectivity index (χ3n) is 11.3. The van der Waals surface area contributed by atoms with Crippen molar-refractivity contribution in [3.63, 3.8) is 0 Å². The van der Waals surface area contributed by atoms with E-state index in [1.165, 1.54) is 29.2 Å². The molecular formula is C43H67N9O15. The number of rotatable bonds is 29. The first-order valence-electron chi connectivity index (χ1n) is 22.2. The van der Waals surface area contributed by atoms with E-state index in [0.29, 0.717) is 31.2 Å². The van der Waals surface area contributed by atoms with Gasteiger partial charge in [-0.2, -0.15) is 0 Å². The van der Waals surface area contributed by atoms with E-state index in [2.05, 4.69) is 31.9 Å². The summed E-state index contributed by atoms with van der Waals surface area (Å²) in [4.78, 5) is 131. The first-order chi connectivity index (χ1) is 31.5. The van der Waals surface area contributed by atoms with Crippen LogP contribution in [0.2, 0.25) is 0 Å². The van der Waals surface area contributed by atoms with Crippen LogP contribution in [0.25, 0.3) is 0 Å². The minimum Gasteiger partial charge on any atom is -0.508 e. The lowest BCUT2D eigenvalue weighted by Gasteiger charge is -2.30. The van der Waals surface area contributed by atoms with E-state index in [4.69, 9.17) is 11.5 Å². The van der Waals surface area contributed by atoms with Crippen molar-refractivity contribution in [2.45, 2.75) is 153 Å². The van der Waals surface area contributed by atoms with E-state index < -0.39 is 139 Å². The fourth-order valence-electron chi connectivity index (χ4n) is 7.03. The largest absolute Gasteiger partial charge is 0.508 e. The molecule has 0 bridgehead atoms. The summed E-state index contributed by atoms with van der Waals surface area (Å²) in [5, 5.41) is 62.9. The Morgan fingerprint density at radius 1 is 0.701 bits per heavy atom. The van der Waals surface area contributed by atoms with Gasteiger partial charge in [-0.25, -0.2) is 4.79 Å². The number of phenols is 1. The average molecular weight is 950 g/mol. The SMILES string of the molecule is CC[C@H](C)[C@H](N)C(=O)N1CCC[C@H]1C(=O)N[C@@H](Cc1ccc(O)cc1)C(=O)N[C@H](C(=O)N[C@@H](C)C(=O)N[C@@H](CCC(=O)O)C(=O)N[C@@H](CCC(=O)O)C(=O)N[C@@H](CCCCN)C(=O)O)[C@@H](C)O. The molecule has 1 heterocycles. The Morgan fingerprint density at radius 2 is 1.24 bits per heavy atom. The summed E-state index contributed by atoms with van der Waals surface area (Å²) < 4.78 is 0. The van der Waals surface area contributed by atoms with Crippen molar-refractivity contribution >= 4 is 59.3 Å². The molecule has 7 amide bonds. The Kier molecular flexibility index (Phi) is 23.6. The number of unbranched alkanes of at least 4 members (excludes halogenated alkanes) is 1. The van der Waals surface area contributed by atoms with Gasteiger partial charge in [-0.05, 0) is 89.0 Å². The predicted molar refractivity (Wildman–Crippen MR) is 237 cm³/mol. The molecule has 1 aromatic carbocycles. The van der Waals surface area contributed by atoms with E-state index in [1.54, 1.807) is 0 Å². The Morgan fingerprint density at radius 3 is 1.75 bits per heavy atom. The van der Waals surface area contributed by atoms with Crippen molar-refractivity contribution < 1.29 is 73.5 Å². The van der Waals surface area contributed by atoms with Crippen LogP contribution in [0.15, 0.2) is 24.3 Å². The van der Waals surface area contributed by atoms with Crippen molar-refractivity contribution in [2.75, 3.05) is 13.1 Å². The first kappa shape index (κ1) is 56.7. The summed E-state index contributed by atoms with van der Waals surface area (Å²) in [7, 11) is 0. The molecule has 0 radical (unpaired) electrons. The molecule has 10 atom stereocenters. The summed E-state index contributed by atoms with van der Waals surface area (Å²) in [6.07, 6.45) is -2.10. The summed E-state index contributed by atoms with van der Waals surface area (Å²) in [5.41, 5.74) is 12.1. The van der Waals surface area contributed by atoms with Gasteiger partial charge in [0.15, 0.2) is 0 Å². The number of hydrogen-bond donors (Lipinski definition) is 13. The van der Waals surface area contributed by atoms with E-state index in [0.717, 1.165) is 13.8 Å². The fraction of sp³-hybridized carbons (Fsp3) is 0.628. The van der Waals surface area contributed by atoms with Crippen LogP contribution in [0, 0.1) is 5.92 Å². The van der Waals surface area contributed by atoms with Gasteiger partial charge < -0.3 is 73.8 Å². The van der Waals surface area contributed by atoms with Gasteiger partial charge in [-0.15, -0.1) is 0 Å². The van der Waals surface area contributed by atoms with Gasteiger partial charge in [0.2, 0.25) is 41.4 Å². The van der Waals surface area contributed by atoms with Gasteiger partial charge in [0.05, 0.1) is 12.1 Å². The maximum atomic E-state index is 13.9. The van der Waals surface area contributed by atoms with E-state index in [1.807, 2.05) is 13.8 Å². The number of carboxylic acid groups (broad SMARTS) is 3. The molecule has 1 aliphatic heterocycles. The smallest absolute Gasteiger partial charge is 0.326 e. The zero-order chi connectivity index (χ0) is 50.5. The minimum atomic E-state index is -1.76. The third-order valence-corrected chi connectivity index (χ3v) is 11.3. The van der Waals surface area contributed by atoms with E-state index >= 15 is 0 Å². The highest BCUT2D eigenvalue weighted by molar-refractivity contribution is 5.98. The normalized spacial score (nSPS) is 17.4. The molecule has 0 aromatic heterocycles. The molecule has 0 spiro atoms. The highest BCUT2D eigenvalue weighted by Crippen LogP contribution is 2.21. The van der Waals surface area contributed by atoms with Crippen molar-refractivity contribution in [3.05, 3.63) is 29.8 Å². The number of likely N-dealkylation sites (tertiary alicyclic amines) is 1. The van der Waals surface area contributed by atoms with Crippen molar-refractivity contribution in [3.8, 4) is 5.75 Å². The number of aliphatic hydroxyl groups is 1. The number of aliphatic carboxylic acids is 3. The van der Waals surface area contributed by atoms with Crippen LogP contribution in [-0.2, 0) is 54.4 Å². The number of nitrogens with one attached hydrogen (secondary N) is 6. The quantitative estimate of drug-likeness (QED) is 0.0371. The van der Waals surface area contributed by atoms with E-state index in [-0.39, 0.29) is 44.0 Å². The highest BCUT2D eigenvalue weighted by Gasteiger charge is 2.40. The van der Waals surface area contributed by atoms with Gasteiger partial charge in [-0.3, -0.25) is 43.2 Å². The van der Waals surface area contributed by atoms with Gasteiger partial charge >= 0.3 is 17.9 Å². The zero-order valence-corrected chi connectivity index (χ0v) is 38.2. The standard InChI is InChI=1S/C43H67N9O15/c1-5-22(2)34(45)42(65)52-20-8-10-31(52)40(63)50-30(21-25-11-13-26(54)14-12-25)39(62)51-35(24(4)53)41(64)46-23(3)36(59)47-27(15-17-32(55)56)37(60)48-28(16-18-33(57)58)38(61)49-29(43(66)67)9-6-7-19-44/h11-14,22-24,27-31,34-35,53-54H,5-10,15-21,44-45H2,1-4H3,(H,46,64)(H,47,59)(H,48,60)(H,49,61)(H,50,63)(H,51,62)(H,55,56)(H,57,58)(H,66,67)/t22-,23-,24+,27-,28-,29-,30-,31-,34-,35-/m0/s1. The average Bonchev–Trinajstić information content (AvgIpc) is 3.77. The van der Waals surface area contributed by atoms with Crippen LogP contribution in [-0.4, -0.2) is 157 Å². The number of carbonyl (C=O) groups excluding carboxylic acids is 7. The minimum absolute atomic E-state index is 0.0353. The Balaban J connectivity index is 2.29. The van der Waals surface area contributed by atoms with Crippen LogP contribution in [0.4, 0.5) is 0 Å². The number of aromatic hydroxyl groups is 1. The maximum Gasteiger partial charge on any atom is 0.326 e. The summed E-state index contributed by atoms with van der Waals surface area (Å²) in [6, 6.07) is -5.62. The second-order valence-corrected chi connectivity index (χ2v) is 16.7. The molecule has 24 nitrogen and oxygen atoms in total. The molecule has 0 aliphatic carbocycles. The van der Waals surface area contributed by atoms with Crippen molar-refractivity contribution in [2.24, 2.45) is 17.4 Å². The molecule has 0 saturated carbocycles. The summed E-state index contributed by atoms with van der Waals surface area (Å²) in [5.74, 6) is -10.8. The second-order valence-electron chi connectivity index (χ2n) is 16.7. The number of carbonyl (C=O) groups is 10. The number of nitrogens with zero attached hydrogens (tertiary/aromatic N) is 1. The van der Waals surface area contributed by atoms with Crippen molar-refractivity contribution in [1.82, 2.24) is 36.8 Å². The van der Waals surface area contributed by atoms with Crippen molar-refractivity contribution in [1.29, 1.82) is 0 Å². The van der Waals surface area contributed by atoms with Gasteiger partial charge in [0.25, 0.3) is 0 Å². The van der Waals surface area contributed by atoms with Gasteiger partial charge in [-0.1, -0.05) is 32.4 Å². The van der Waals surface area contributed by atoms with Gasteiger partial charge in [0, 0.05) is 25.8 Å². The first-order valence-corrected chi connectivity index (χ1v) is 22.2. The van der Waals surface area contributed by atoms with Crippen LogP contribution in [0.3, 0.4) is 0 Å². The predicted octanol–water partition coefficient (Wildman–Crippen LogP) is -2.45. The van der Waals surface area contributed by atoms with Crippen LogP contribution < -0.4 is 43.4 Å². The third kappa shape index (κ3) is 18.8. The Hall–Kier alpha value is -6.40. The molecule has 24 heteroatoms. The lowest BCUT2D eigenvalue weighted by atomic mass is 9.98. The van der Waals surface area contributed by atoms with Gasteiger partial charge in [0.1, 0.15) is 48.0 Å². The van der Waals surface area contributed by atoms with Crippen LogP contribution in [0.5, 0.6) is 5.75 Å². The number of aliphatic hydroxyl groups excluding tert-OH is 1. The molecule has 67 heavy (non-hydrogen) atoms. The second kappa shape index (κ2) is 27.9. The number of carboxylic acids is 3. The zero-order valence-electron chi connectivity index (χ0n) is 38.2. The Bertz CT molecular complexity index is 1900. The molecule has 1 aliphatic rings. The number of amides is 7. The number of hydrogen-bond acceptors (Lipinski definition) is 14.